The van der Waals surface area contributed by atoms with Crippen molar-refractivity contribution < 1.29 is 4.74 Å². The minimum absolute atomic E-state index is 0.424. The molecule has 4 heterocycles. The topological polar surface area (TPSA) is 69.0 Å². The first-order valence-corrected chi connectivity index (χ1v) is 9.10. The summed E-state index contributed by atoms with van der Waals surface area (Å²) in [5, 5.41) is 4.31. The lowest BCUT2D eigenvalue weighted by atomic mass is 9.96. The molecule has 1 aliphatic heterocycles. The quantitative estimate of drug-likeness (QED) is 0.712. The maximum Gasteiger partial charge on any atom is 0.163 e. The second kappa shape index (κ2) is 6.74. The van der Waals surface area contributed by atoms with Crippen molar-refractivity contribution in [1.29, 1.82) is 0 Å². The van der Waals surface area contributed by atoms with Crippen molar-refractivity contribution in [2.45, 2.75) is 26.4 Å². The van der Waals surface area contributed by atoms with E-state index in [1.54, 1.807) is 12.4 Å². The monoisotopic (exact) mass is 364 g/mol. The van der Waals surface area contributed by atoms with Crippen LogP contribution in [0.15, 0.2) is 36.9 Å². The van der Waals surface area contributed by atoms with Gasteiger partial charge in [0.05, 0.1) is 19.3 Å². The smallest absolute Gasteiger partial charge is 0.163 e. The Morgan fingerprint density at radius 1 is 1.19 bits per heavy atom. The van der Waals surface area contributed by atoms with Crippen molar-refractivity contribution in [2.75, 3.05) is 24.6 Å². The molecule has 0 bridgehead atoms. The summed E-state index contributed by atoms with van der Waals surface area (Å²) in [6, 6.07) is 3.89. The third-order valence-corrected chi connectivity index (χ3v) is 5.17. The summed E-state index contributed by atoms with van der Waals surface area (Å²) in [7, 11) is 1.92. The number of rotatable bonds is 3. The first kappa shape index (κ1) is 17.6. The molecule has 0 aliphatic carbocycles. The maximum atomic E-state index is 6.15. The van der Waals surface area contributed by atoms with Crippen molar-refractivity contribution in [2.24, 2.45) is 7.05 Å². The van der Waals surface area contributed by atoms with Crippen LogP contribution in [0.2, 0.25) is 0 Å². The Balaban J connectivity index is 1.71. The zero-order chi connectivity index (χ0) is 19.0. The molecule has 0 spiro atoms. The third-order valence-electron chi connectivity index (χ3n) is 5.17. The highest BCUT2D eigenvalue weighted by atomic mass is 16.5. The van der Waals surface area contributed by atoms with Gasteiger partial charge < -0.3 is 9.64 Å². The van der Waals surface area contributed by atoms with Crippen LogP contribution in [0, 0.1) is 13.8 Å². The standard InChI is InChI=1S/C20H24N6O/c1-14-15(2)23-18(16-6-5-7-21-10-16)24-19(14)26-8-9-27-20(3,13-26)17-11-22-25(4)12-17/h5-7,10-12H,8-9,13H2,1-4H3. The summed E-state index contributed by atoms with van der Waals surface area (Å²) < 4.78 is 7.96. The molecule has 4 rings (SSSR count). The van der Waals surface area contributed by atoms with E-state index in [1.165, 1.54) is 0 Å². The lowest BCUT2D eigenvalue weighted by molar-refractivity contribution is -0.0468. The van der Waals surface area contributed by atoms with Gasteiger partial charge in [-0.3, -0.25) is 9.67 Å². The molecular weight excluding hydrogens is 340 g/mol. The summed E-state index contributed by atoms with van der Waals surface area (Å²) in [4.78, 5) is 16.1. The molecular formula is C20H24N6O. The molecule has 0 saturated carbocycles. The van der Waals surface area contributed by atoms with Crippen LogP contribution in [0.4, 0.5) is 5.82 Å². The highest BCUT2D eigenvalue weighted by molar-refractivity contribution is 5.59. The zero-order valence-corrected chi connectivity index (χ0v) is 16.2. The molecule has 3 aromatic rings. The van der Waals surface area contributed by atoms with E-state index >= 15 is 0 Å². The van der Waals surface area contributed by atoms with Gasteiger partial charge in [0.1, 0.15) is 11.4 Å². The Morgan fingerprint density at radius 2 is 2.04 bits per heavy atom. The number of hydrogen-bond donors (Lipinski definition) is 0. The zero-order valence-electron chi connectivity index (χ0n) is 16.2. The van der Waals surface area contributed by atoms with Gasteiger partial charge in [0.15, 0.2) is 5.82 Å². The summed E-state index contributed by atoms with van der Waals surface area (Å²) in [5.41, 5.74) is 3.65. The van der Waals surface area contributed by atoms with Crippen molar-refractivity contribution in [3.8, 4) is 11.4 Å². The largest absolute Gasteiger partial charge is 0.367 e. The maximum absolute atomic E-state index is 6.15. The number of anilines is 1. The minimum Gasteiger partial charge on any atom is -0.367 e. The number of hydrogen-bond acceptors (Lipinski definition) is 6. The van der Waals surface area contributed by atoms with E-state index < -0.39 is 5.60 Å². The van der Waals surface area contributed by atoms with Crippen LogP contribution in [-0.2, 0) is 17.4 Å². The van der Waals surface area contributed by atoms with Gasteiger partial charge in [0.2, 0.25) is 0 Å². The number of ether oxygens (including phenoxy) is 1. The summed E-state index contributed by atoms with van der Waals surface area (Å²) in [6.07, 6.45) is 7.45. The molecule has 3 aromatic heterocycles. The summed E-state index contributed by atoms with van der Waals surface area (Å²) in [5.74, 6) is 1.66. The van der Waals surface area contributed by atoms with Crippen LogP contribution in [0.1, 0.15) is 23.7 Å². The molecule has 1 unspecified atom stereocenters. The van der Waals surface area contributed by atoms with Crippen LogP contribution in [0.25, 0.3) is 11.4 Å². The Hall–Kier alpha value is -2.80. The van der Waals surface area contributed by atoms with Crippen molar-refractivity contribution in [3.05, 3.63) is 53.7 Å². The Morgan fingerprint density at radius 3 is 2.74 bits per heavy atom. The lowest BCUT2D eigenvalue weighted by Gasteiger charge is -2.41. The molecule has 1 saturated heterocycles. The Kier molecular flexibility index (Phi) is 4.39. The predicted octanol–water partition coefficient (Wildman–Crippen LogP) is 2.64. The van der Waals surface area contributed by atoms with E-state index in [9.17, 15) is 0 Å². The molecule has 0 aromatic carbocycles. The lowest BCUT2D eigenvalue weighted by Crippen LogP contribution is -2.48. The second-order valence-electron chi connectivity index (χ2n) is 7.23. The van der Waals surface area contributed by atoms with Crippen LogP contribution >= 0.6 is 0 Å². The molecule has 1 atom stereocenters. The van der Waals surface area contributed by atoms with E-state index in [2.05, 4.69) is 33.8 Å². The summed E-state index contributed by atoms with van der Waals surface area (Å²) in [6.45, 7) is 8.36. The summed E-state index contributed by atoms with van der Waals surface area (Å²) >= 11 is 0. The predicted molar refractivity (Wildman–Crippen MR) is 103 cm³/mol. The first-order chi connectivity index (χ1) is 13.0. The van der Waals surface area contributed by atoms with Crippen LogP contribution in [0.5, 0.6) is 0 Å². The molecule has 0 radical (unpaired) electrons. The van der Waals surface area contributed by atoms with Crippen molar-refractivity contribution >= 4 is 5.82 Å². The molecule has 1 aliphatic rings. The van der Waals surface area contributed by atoms with E-state index in [4.69, 9.17) is 9.72 Å². The molecule has 27 heavy (non-hydrogen) atoms. The van der Waals surface area contributed by atoms with Crippen molar-refractivity contribution in [1.82, 2.24) is 24.7 Å². The van der Waals surface area contributed by atoms with E-state index in [0.717, 1.165) is 34.7 Å². The first-order valence-electron chi connectivity index (χ1n) is 9.10. The normalized spacial score (nSPS) is 20.1. The van der Waals surface area contributed by atoms with Gasteiger partial charge in [-0.25, -0.2) is 9.97 Å². The second-order valence-corrected chi connectivity index (χ2v) is 7.23. The fourth-order valence-electron chi connectivity index (χ4n) is 3.47. The number of aryl methyl sites for hydroxylation is 2. The van der Waals surface area contributed by atoms with Gasteiger partial charge in [-0.15, -0.1) is 0 Å². The number of pyridine rings is 1. The van der Waals surface area contributed by atoms with E-state index in [0.29, 0.717) is 19.0 Å². The molecule has 140 valence electrons. The van der Waals surface area contributed by atoms with Crippen molar-refractivity contribution in [3.63, 3.8) is 0 Å². The Bertz CT molecular complexity index is 954. The van der Waals surface area contributed by atoms with Gasteiger partial charge in [0.25, 0.3) is 0 Å². The third kappa shape index (κ3) is 3.30. The van der Waals surface area contributed by atoms with E-state index in [1.807, 2.05) is 43.2 Å². The van der Waals surface area contributed by atoms with Gasteiger partial charge in [0, 0.05) is 54.6 Å². The molecule has 1 fully saturated rings. The van der Waals surface area contributed by atoms with Gasteiger partial charge in [-0.05, 0) is 32.9 Å². The Labute approximate surface area is 159 Å². The molecule has 7 heteroatoms. The van der Waals surface area contributed by atoms with Gasteiger partial charge >= 0.3 is 0 Å². The fourth-order valence-corrected chi connectivity index (χ4v) is 3.47. The number of aromatic nitrogens is 5. The van der Waals surface area contributed by atoms with Crippen LogP contribution < -0.4 is 4.90 Å². The SMILES string of the molecule is Cc1nc(-c2cccnc2)nc(N2CCOC(C)(c3cnn(C)c3)C2)c1C. The number of morpholine rings is 1. The van der Waals surface area contributed by atoms with Gasteiger partial charge in [-0.2, -0.15) is 5.10 Å². The average Bonchev–Trinajstić information content (AvgIpc) is 3.12. The minimum atomic E-state index is -0.424. The highest BCUT2D eigenvalue weighted by Crippen LogP contribution is 2.33. The molecule has 0 N–H and O–H groups in total. The molecule has 7 nitrogen and oxygen atoms in total. The fraction of sp³-hybridized carbons (Fsp3) is 0.400. The average molecular weight is 364 g/mol. The highest BCUT2D eigenvalue weighted by Gasteiger charge is 2.36. The van der Waals surface area contributed by atoms with Crippen LogP contribution in [0.3, 0.4) is 0 Å². The number of nitrogens with zero attached hydrogens (tertiary/aromatic N) is 6. The van der Waals surface area contributed by atoms with Crippen LogP contribution in [-0.4, -0.2) is 44.4 Å². The molecule has 0 amide bonds. The van der Waals surface area contributed by atoms with Gasteiger partial charge in [-0.1, -0.05) is 0 Å². The van der Waals surface area contributed by atoms with E-state index in [-0.39, 0.29) is 0 Å².